The van der Waals surface area contributed by atoms with Crippen LogP contribution in [-0.4, -0.2) is 24.0 Å². The van der Waals surface area contributed by atoms with Crippen molar-refractivity contribution in [3.63, 3.8) is 0 Å². The van der Waals surface area contributed by atoms with E-state index < -0.39 is 0 Å². The summed E-state index contributed by atoms with van der Waals surface area (Å²) < 4.78 is 12.1. The first kappa shape index (κ1) is 22.3. The lowest BCUT2D eigenvalue weighted by Crippen LogP contribution is -2.33. The number of fused-ring (bicyclic) bond motifs is 3. The summed E-state index contributed by atoms with van der Waals surface area (Å²) in [5, 5.41) is 1.64. The fourth-order valence-electron chi connectivity index (χ4n) is 4.14. The number of hydrogen-bond acceptors (Lipinski definition) is 4. The monoisotopic (exact) mass is 499 g/mol. The molecule has 33 heavy (non-hydrogen) atoms. The molecule has 0 spiro atoms. The molecular weight excluding hydrogens is 481 g/mol. The third-order valence-corrected chi connectivity index (χ3v) is 6.80. The van der Waals surface area contributed by atoms with E-state index in [-0.39, 0.29) is 11.5 Å². The van der Waals surface area contributed by atoms with Gasteiger partial charge in [0.15, 0.2) is 5.76 Å². The largest absolute Gasteiger partial charge is 0.478 e. The lowest BCUT2D eigenvalue weighted by Gasteiger charge is -2.30. The number of aryl methyl sites for hydroxylation is 1. The van der Waals surface area contributed by atoms with Gasteiger partial charge in [0.1, 0.15) is 18.2 Å². The van der Waals surface area contributed by atoms with Crippen LogP contribution in [0.2, 0.25) is 15.1 Å². The summed E-state index contributed by atoms with van der Waals surface area (Å²) in [7, 11) is 0. The molecule has 0 fully saturated rings. The van der Waals surface area contributed by atoms with Crippen LogP contribution in [0.3, 0.4) is 0 Å². The van der Waals surface area contributed by atoms with Gasteiger partial charge < -0.3 is 9.47 Å². The van der Waals surface area contributed by atoms with Gasteiger partial charge >= 0.3 is 0 Å². The molecule has 2 heterocycles. The number of ether oxygens (including phenoxy) is 2. The van der Waals surface area contributed by atoms with Gasteiger partial charge in [0.25, 0.3) is 0 Å². The van der Waals surface area contributed by atoms with E-state index in [1.54, 1.807) is 24.3 Å². The Balaban J connectivity index is 1.42. The van der Waals surface area contributed by atoms with Crippen LogP contribution >= 0.6 is 34.8 Å². The zero-order chi connectivity index (χ0) is 23.1. The van der Waals surface area contributed by atoms with Crippen molar-refractivity contribution in [3.05, 3.63) is 97.2 Å². The maximum atomic E-state index is 13.2. The smallest absolute Gasteiger partial charge is 0.232 e. The highest BCUT2D eigenvalue weighted by atomic mass is 35.5. The lowest BCUT2D eigenvalue weighted by molar-refractivity contribution is 0.0949. The molecule has 0 saturated carbocycles. The topological polar surface area (TPSA) is 38.8 Å². The molecule has 7 heteroatoms. The number of halogens is 3. The van der Waals surface area contributed by atoms with Crippen LogP contribution in [0.4, 0.5) is 0 Å². The Morgan fingerprint density at radius 3 is 2.52 bits per heavy atom. The maximum Gasteiger partial charge on any atom is 0.232 e. The second kappa shape index (κ2) is 9.03. The Kier molecular flexibility index (Phi) is 6.11. The lowest BCUT2D eigenvalue weighted by atomic mass is 9.98. The highest BCUT2D eigenvalue weighted by Gasteiger charge is 2.35. The molecule has 0 unspecified atom stereocenters. The van der Waals surface area contributed by atoms with Crippen molar-refractivity contribution in [2.24, 2.45) is 0 Å². The molecule has 0 atom stereocenters. The van der Waals surface area contributed by atoms with Gasteiger partial charge in [-0.3, -0.25) is 9.69 Å². The summed E-state index contributed by atoms with van der Waals surface area (Å²) in [5.41, 5.74) is 4.01. The molecule has 0 bridgehead atoms. The van der Waals surface area contributed by atoms with Gasteiger partial charge in [-0.25, -0.2) is 0 Å². The number of carbonyl (C=O) groups excluding carboxylic acids is 1. The molecule has 168 valence electrons. The summed E-state index contributed by atoms with van der Waals surface area (Å²) in [4.78, 5) is 15.4. The van der Waals surface area contributed by atoms with Crippen molar-refractivity contribution in [3.8, 4) is 11.5 Å². The third-order valence-electron chi connectivity index (χ3n) is 5.89. The number of benzene rings is 3. The van der Waals surface area contributed by atoms with Crippen molar-refractivity contribution < 1.29 is 14.3 Å². The molecule has 5 rings (SSSR count). The number of allylic oxidation sites excluding steroid dienone is 1. The maximum absolute atomic E-state index is 13.2. The minimum absolute atomic E-state index is 0.181. The first-order chi connectivity index (χ1) is 15.9. The third kappa shape index (κ3) is 4.36. The van der Waals surface area contributed by atoms with Crippen LogP contribution < -0.4 is 9.47 Å². The summed E-state index contributed by atoms with van der Waals surface area (Å²) in [6, 6.07) is 15.0. The first-order valence-electron chi connectivity index (χ1n) is 10.5. The highest BCUT2D eigenvalue weighted by molar-refractivity contribution is 6.37. The fraction of sp³-hybridized carbons (Fsp3) is 0.192. The number of nitrogens with zero attached hydrogens (tertiary/aromatic N) is 1. The van der Waals surface area contributed by atoms with Crippen LogP contribution in [0.1, 0.15) is 32.6 Å². The number of carbonyl (C=O) groups is 1. The Bertz CT molecular complexity index is 1260. The van der Waals surface area contributed by atoms with Crippen LogP contribution in [0.5, 0.6) is 11.5 Å². The van der Waals surface area contributed by atoms with Crippen molar-refractivity contribution in [1.82, 2.24) is 4.90 Å². The number of hydrogen-bond donors (Lipinski definition) is 0. The first-order valence-corrected chi connectivity index (χ1v) is 11.7. The molecule has 3 aromatic rings. The molecule has 0 saturated heterocycles. The van der Waals surface area contributed by atoms with E-state index in [4.69, 9.17) is 44.3 Å². The molecular formula is C26H20Cl3NO3. The normalized spacial score (nSPS) is 16.4. The molecule has 2 aliphatic heterocycles. The summed E-state index contributed by atoms with van der Waals surface area (Å²) in [6.45, 7) is 3.79. The van der Waals surface area contributed by atoms with Crippen molar-refractivity contribution >= 4 is 46.7 Å². The second-order valence-electron chi connectivity index (χ2n) is 8.15. The van der Waals surface area contributed by atoms with Gasteiger partial charge in [-0.05, 0) is 60.9 Å². The minimum Gasteiger partial charge on any atom is -0.478 e. The van der Waals surface area contributed by atoms with Crippen LogP contribution in [-0.2, 0) is 13.0 Å². The van der Waals surface area contributed by atoms with E-state index >= 15 is 0 Å². The molecule has 0 aliphatic carbocycles. The number of ketones is 1. The Hall–Kier alpha value is -2.50. The van der Waals surface area contributed by atoms with Crippen molar-refractivity contribution in [1.29, 1.82) is 0 Å². The average Bonchev–Trinajstić information content (AvgIpc) is 3.13. The Labute approximate surface area is 207 Å². The van der Waals surface area contributed by atoms with E-state index in [0.717, 1.165) is 34.9 Å². The van der Waals surface area contributed by atoms with Crippen LogP contribution in [0, 0.1) is 6.92 Å². The quantitative estimate of drug-likeness (QED) is 0.363. The van der Waals surface area contributed by atoms with E-state index in [1.165, 1.54) is 5.56 Å². The minimum atomic E-state index is -0.181. The molecule has 0 radical (unpaired) electrons. The molecule has 0 aromatic heterocycles. The van der Waals surface area contributed by atoms with Gasteiger partial charge in [0.2, 0.25) is 5.78 Å². The van der Waals surface area contributed by atoms with E-state index in [9.17, 15) is 4.79 Å². The number of Topliss-reactive ketones (excluding diaryl/α,β-unsaturated/α-hetero) is 1. The average molecular weight is 501 g/mol. The van der Waals surface area contributed by atoms with Gasteiger partial charge in [-0.15, -0.1) is 0 Å². The standard InChI is InChI=1S/C26H20Cl3NO3/c1-15-11-22-19(13-30(14-32-22)10-9-16-5-7-17(27)8-6-16)26-24(15)25(31)23(33-26)12-18-20(28)3-2-4-21(18)29/h2-8,11-12H,9-10,13-14H2,1H3/b23-12+. The predicted octanol–water partition coefficient (Wildman–Crippen LogP) is 6.97. The van der Waals surface area contributed by atoms with Crippen LogP contribution in [0.15, 0.2) is 54.3 Å². The molecule has 0 amide bonds. The summed E-state index contributed by atoms with van der Waals surface area (Å²) in [6.07, 6.45) is 2.47. The fourth-order valence-corrected chi connectivity index (χ4v) is 4.77. The van der Waals surface area contributed by atoms with Gasteiger partial charge in [-0.1, -0.05) is 53.0 Å². The summed E-state index contributed by atoms with van der Waals surface area (Å²) >= 11 is 18.6. The van der Waals surface area contributed by atoms with E-state index in [2.05, 4.69) is 4.90 Å². The van der Waals surface area contributed by atoms with Crippen molar-refractivity contribution in [2.45, 2.75) is 19.9 Å². The van der Waals surface area contributed by atoms with Gasteiger partial charge in [-0.2, -0.15) is 0 Å². The number of rotatable bonds is 4. The predicted molar refractivity (Wildman–Crippen MR) is 132 cm³/mol. The molecule has 3 aromatic carbocycles. The molecule has 4 nitrogen and oxygen atoms in total. The SMILES string of the molecule is Cc1cc2c(c3c1C(=O)/C(=C\c1c(Cl)cccc1Cl)O3)CN(CCc1ccc(Cl)cc1)CO2. The zero-order valence-corrected chi connectivity index (χ0v) is 20.1. The van der Waals surface area contributed by atoms with Crippen LogP contribution in [0.25, 0.3) is 6.08 Å². The zero-order valence-electron chi connectivity index (χ0n) is 17.8. The Morgan fingerprint density at radius 2 is 1.79 bits per heavy atom. The van der Waals surface area contributed by atoms with E-state index in [1.807, 2.05) is 37.3 Å². The van der Waals surface area contributed by atoms with Gasteiger partial charge in [0.05, 0.1) is 11.1 Å². The molecule has 2 aliphatic rings. The summed E-state index contributed by atoms with van der Waals surface area (Å²) in [5.74, 6) is 1.33. The second-order valence-corrected chi connectivity index (χ2v) is 9.40. The highest BCUT2D eigenvalue weighted by Crippen LogP contribution is 2.44. The molecule has 0 N–H and O–H groups in total. The van der Waals surface area contributed by atoms with Gasteiger partial charge in [0, 0.05) is 33.7 Å². The van der Waals surface area contributed by atoms with Crippen molar-refractivity contribution in [2.75, 3.05) is 13.3 Å². The van der Waals surface area contributed by atoms with E-state index in [0.29, 0.717) is 40.2 Å². The Morgan fingerprint density at radius 1 is 1.06 bits per heavy atom.